The second kappa shape index (κ2) is 28.6. The average molecular weight is 1220 g/mol. The Morgan fingerprint density at radius 2 is 0.953 bits per heavy atom. The fourth-order valence-electron chi connectivity index (χ4n) is 9.05. The SMILES string of the molecule is [2H]c1cc([2H])c(C([2H])N2CCC([2H])(N([2H])c3ncnc4sc(C([2H])(C)C)c([2H])c34)CC2)c([2H])c1C#N.[2H]c1nc(N([2H])C2([2H])CCN(C([2H])c3c([2H])cc([2H])c(C#N)c3[2H])CC2)c2c([2H])c(C([2H])(C)C)sc2n1.[2H]c1nc(N([2H])C2([2H])CCN(C([2H])c3ccc(F)c(C#N)c3)CC2)c2c([2H])c(C([2H])(C)C)sc2n1. The number of nitrogens with zero attached hydrogens (tertiary/aromatic N) is 12. The second-order valence-electron chi connectivity index (χ2n) is 20.5. The summed E-state index contributed by atoms with van der Waals surface area (Å²) in [7, 11) is 0. The molecule has 3 aromatic carbocycles. The zero-order valence-corrected chi connectivity index (χ0v) is 49.9. The van der Waals surface area contributed by atoms with Gasteiger partial charge in [0.05, 0.1) is 61.4 Å². The van der Waals surface area contributed by atoms with E-state index in [1.807, 2.05) is 0 Å². The van der Waals surface area contributed by atoms with Crippen molar-refractivity contribution in [2.24, 2.45) is 0 Å². The van der Waals surface area contributed by atoms with Crippen LogP contribution in [0.3, 0.4) is 0 Å². The maximum atomic E-state index is 13.7. The van der Waals surface area contributed by atoms with Crippen molar-refractivity contribution in [3.05, 3.63) is 157 Å². The Kier molecular flexibility index (Phi) is 12.7. The van der Waals surface area contributed by atoms with E-state index >= 15 is 0 Å². The Bertz CT molecular complexity index is 5060. The molecule has 0 radical (unpaired) electrons. The van der Waals surface area contributed by atoms with Crippen LogP contribution in [-0.4, -0.2) is 102 Å². The van der Waals surface area contributed by atoms with Gasteiger partial charge in [-0.2, -0.15) is 15.8 Å². The highest BCUT2D eigenvalue weighted by Crippen LogP contribution is 2.36. The lowest BCUT2D eigenvalue weighted by Crippen LogP contribution is -2.38. The number of hydrogen-bond acceptors (Lipinski definition) is 18. The minimum atomic E-state index is -1.49. The van der Waals surface area contributed by atoms with Crippen molar-refractivity contribution in [3.8, 4) is 18.2 Å². The molecule has 0 aliphatic carbocycles. The van der Waals surface area contributed by atoms with Crippen LogP contribution in [0.15, 0.2) is 104 Å². The second-order valence-corrected chi connectivity index (χ2v) is 23.5. The van der Waals surface area contributed by atoms with Crippen molar-refractivity contribution in [2.45, 2.75) is 135 Å². The molecule has 0 bridgehead atoms. The first-order chi connectivity index (χ1) is 50.3. The predicted octanol–water partition coefficient (Wildman–Crippen LogP) is 14.4. The normalized spacial score (nSPS) is 22.2. The number of aromatic nitrogens is 6. The lowest BCUT2D eigenvalue weighted by atomic mass is 10.0. The van der Waals surface area contributed by atoms with Crippen molar-refractivity contribution in [1.29, 1.82) is 15.8 Å². The van der Waals surface area contributed by atoms with Crippen molar-refractivity contribution in [2.75, 3.05) is 55.2 Å². The third kappa shape index (κ3) is 15.9. The summed E-state index contributed by atoms with van der Waals surface area (Å²) in [5.41, 5.74) is 0.0490. The third-order valence-electron chi connectivity index (χ3n) is 13.6. The van der Waals surface area contributed by atoms with Crippen LogP contribution in [0.25, 0.3) is 30.6 Å². The summed E-state index contributed by atoms with van der Waals surface area (Å²) in [6.45, 7) is 8.26. The number of anilines is 3. The molecule has 19 heteroatoms. The van der Waals surface area contributed by atoms with Gasteiger partial charge in [0.15, 0.2) is 4.24 Å². The Hall–Kier alpha value is -7.54. The molecule has 3 unspecified atom stereocenters. The minimum Gasteiger partial charge on any atom is -0.367 e. The maximum Gasteiger partial charge on any atom is 0.162 e. The number of halogens is 1. The topological polar surface area (TPSA) is 195 Å². The first-order valence-electron chi connectivity index (χ1n) is 38.8. The van der Waals surface area contributed by atoms with Crippen LogP contribution in [0, 0.1) is 39.8 Å². The molecule has 15 nitrogen and oxygen atoms in total. The van der Waals surface area contributed by atoms with Crippen LogP contribution in [0.5, 0.6) is 0 Å². The first-order valence-corrected chi connectivity index (χ1v) is 29.7. The van der Waals surface area contributed by atoms with E-state index in [0.29, 0.717) is 53.2 Å². The summed E-state index contributed by atoms with van der Waals surface area (Å²) in [6.07, 6.45) is 1.51. The molecule has 0 spiro atoms. The van der Waals surface area contributed by atoms with Gasteiger partial charge in [-0.05, 0) is 127 Å². The number of piperidine rings is 3. The van der Waals surface area contributed by atoms with E-state index in [9.17, 15) is 14.9 Å². The van der Waals surface area contributed by atoms with Gasteiger partial charge < -0.3 is 15.9 Å². The molecule has 3 saturated heterocycles. The number of rotatable bonds is 15. The van der Waals surface area contributed by atoms with Crippen LogP contribution in [-0.2, 0) is 19.6 Å². The quantitative estimate of drug-likeness (QED) is 0.0876. The van der Waals surface area contributed by atoms with Crippen LogP contribution < -0.4 is 15.9 Å². The van der Waals surface area contributed by atoms with Gasteiger partial charge in [-0.1, -0.05) is 71.8 Å². The molecule has 9 heterocycles. The molecule has 0 amide bonds. The summed E-state index contributed by atoms with van der Waals surface area (Å²) >= 11 is 3.45. The summed E-state index contributed by atoms with van der Waals surface area (Å²) < 4.78 is 208. The van der Waals surface area contributed by atoms with Crippen molar-refractivity contribution < 1.29 is 36.0 Å². The van der Waals surface area contributed by atoms with Gasteiger partial charge in [-0.15, -0.1) is 34.0 Å². The highest BCUT2D eigenvalue weighted by atomic mass is 32.1. The van der Waals surface area contributed by atoms with Crippen molar-refractivity contribution >= 4 is 82.1 Å². The van der Waals surface area contributed by atoms with E-state index in [1.165, 1.54) is 41.9 Å². The zero-order valence-electron chi connectivity index (χ0n) is 70.5. The Balaban J connectivity index is 0.000000173. The predicted molar refractivity (Wildman–Crippen MR) is 344 cm³/mol. The molecule has 3 aliphatic rings. The zero-order chi connectivity index (χ0) is 79.7. The number of fused-ring (bicyclic) bond motifs is 3. The third-order valence-corrected chi connectivity index (χ3v) is 17.2. The van der Waals surface area contributed by atoms with Crippen LogP contribution in [0.4, 0.5) is 21.8 Å². The maximum absolute atomic E-state index is 13.7. The van der Waals surface area contributed by atoms with Gasteiger partial charge in [0.1, 0.15) is 65.5 Å². The van der Waals surface area contributed by atoms with Crippen molar-refractivity contribution in [1.82, 2.24) is 44.6 Å². The monoisotopic (exact) mass is 1210 g/mol. The number of nitriles is 3. The van der Waals surface area contributed by atoms with Gasteiger partial charge in [0, 0.05) is 99.7 Å². The lowest BCUT2D eigenvalue weighted by Gasteiger charge is -2.32. The Labute approximate surface area is 543 Å². The molecule has 438 valence electrons. The fraction of sp³-hybridized carbons (Fsp3) is 0.409. The molecule has 0 saturated carbocycles. The number of benzene rings is 3. The van der Waals surface area contributed by atoms with E-state index in [1.54, 1.807) is 74.4 Å². The van der Waals surface area contributed by atoms with Gasteiger partial charge in [0.2, 0.25) is 0 Å². The van der Waals surface area contributed by atoms with E-state index in [-0.39, 0.29) is 188 Å². The smallest absolute Gasteiger partial charge is 0.162 e. The molecule has 6 aromatic heterocycles. The lowest BCUT2D eigenvalue weighted by molar-refractivity contribution is 0.211. The van der Waals surface area contributed by atoms with E-state index in [0.717, 1.165) is 44.7 Å². The number of nitrogens with one attached hydrogen (secondary N) is 3. The molecule has 3 N–H and O–H groups in total. The van der Waals surface area contributed by atoms with Crippen LogP contribution >= 0.6 is 34.0 Å². The largest absolute Gasteiger partial charge is 0.367 e. The van der Waals surface area contributed by atoms with Gasteiger partial charge in [-0.25, -0.2) is 34.3 Å². The van der Waals surface area contributed by atoms with Gasteiger partial charge in [0.25, 0.3) is 0 Å². The van der Waals surface area contributed by atoms with Crippen LogP contribution in [0.2, 0.25) is 4.24 Å². The van der Waals surface area contributed by atoms with Crippen LogP contribution in [0.1, 0.15) is 173 Å². The highest BCUT2D eigenvalue weighted by molar-refractivity contribution is 7.19. The van der Waals surface area contributed by atoms with E-state index < -0.39 is 61.1 Å². The summed E-state index contributed by atoms with van der Waals surface area (Å²) in [5, 5.41) is 31.3. The molecule has 85 heavy (non-hydrogen) atoms. The first kappa shape index (κ1) is 37.8. The molecule has 3 aliphatic heterocycles. The molecule has 3 fully saturated rings. The standard InChI is InChI=1S/C22H24FN5S.2C22H25N5S/c1-14(2)20-10-18-21(25-13-26-22(18)29-20)27-17-5-7-28(8-6-17)12-15-3-4-19(23)16(9-15)11-24;2*1-15(2)20-11-19-21(24-14-25-22(19)28-20)26-18-6-8-27(9-7-18)13-17-5-3-4-16(10-17)12-23/h3-4,9-10,13-14,17H,5-8,12H2,1-2H3,(H,25,26,27);2*3-5,10-11,14-15,18H,6-9,13H2,1-2H3,(H,24,25,26)/i10D,12D,13D,14D,17D;4D,5D,10D,11D,13D,14D,15D,18D;4D,5D,10D,11D,13D,15D,18D/hD3. The van der Waals surface area contributed by atoms with E-state index in [2.05, 4.69) is 29.9 Å². The average Bonchev–Trinajstić information content (AvgIpc) is 1.55. The Morgan fingerprint density at radius 1 is 0.565 bits per heavy atom. The fourth-order valence-corrected chi connectivity index (χ4v) is 11.7. The number of thiophene rings is 3. The highest BCUT2D eigenvalue weighted by Gasteiger charge is 2.25. The Morgan fingerprint density at radius 3 is 1.34 bits per heavy atom. The number of likely N-dealkylation sites (tertiary alicyclic amines) is 3. The summed E-state index contributed by atoms with van der Waals surface area (Å²) in [6, 6.07) is 6.15. The minimum absolute atomic E-state index is 0.000167. The van der Waals surface area contributed by atoms with Crippen molar-refractivity contribution in [3.63, 3.8) is 0 Å². The van der Waals surface area contributed by atoms with E-state index in [4.69, 9.17) is 36.9 Å². The molecular formula is C66H74FN15S3. The summed E-state index contributed by atoms with van der Waals surface area (Å²) in [5.74, 6) is -3.71. The molecule has 3 atom stereocenters. The molecule has 12 rings (SSSR count). The van der Waals surface area contributed by atoms with Gasteiger partial charge in [-0.3, -0.25) is 14.7 Å². The number of hydrogen-bond donors (Lipinski definition) is 3. The summed E-state index contributed by atoms with van der Waals surface area (Å²) in [4.78, 5) is 32.4. The molecule has 9 aromatic rings. The molecular weight excluding hydrogens is 1120 g/mol. The van der Waals surface area contributed by atoms with Gasteiger partial charge >= 0.3 is 0 Å².